The number of aromatic carboxylic acids is 1. The summed E-state index contributed by atoms with van der Waals surface area (Å²) in [6, 6.07) is 6.87. The van der Waals surface area contributed by atoms with Crippen molar-refractivity contribution in [2.75, 3.05) is 4.90 Å². The second kappa shape index (κ2) is 9.94. The van der Waals surface area contributed by atoms with Crippen molar-refractivity contribution in [2.45, 2.75) is 82.8 Å². The lowest BCUT2D eigenvalue weighted by Crippen LogP contribution is -2.46. The number of rotatable bonds is 9. The second-order valence-electron chi connectivity index (χ2n) is 10.2. The smallest absolute Gasteiger partial charge is 0.387 e. The number of fused-ring (bicyclic) bond motifs is 2. The first-order chi connectivity index (χ1) is 18.4. The molecule has 0 radical (unpaired) electrons. The molecule has 1 N–H and O–H groups in total. The van der Waals surface area contributed by atoms with Gasteiger partial charge in [-0.15, -0.1) is 0 Å². The Morgan fingerprint density at radius 3 is 2.61 bits per heavy atom. The molecule has 1 aliphatic carbocycles. The molecule has 2 bridgehead atoms. The minimum absolute atomic E-state index is 0.0245. The number of para-hydroxylation sites is 1. The monoisotopic (exact) mass is 526 g/mol. The zero-order valence-electron chi connectivity index (χ0n) is 20.8. The maximum Gasteiger partial charge on any atom is 0.387 e. The van der Waals surface area contributed by atoms with Crippen LogP contribution in [0.4, 0.5) is 14.7 Å². The molecule has 0 amide bonds. The molecule has 11 heteroatoms. The van der Waals surface area contributed by atoms with E-state index in [1.165, 1.54) is 6.07 Å². The van der Waals surface area contributed by atoms with Crippen LogP contribution in [-0.4, -0.2) is 51.0 Å². The van der Waals surface area contributed by atoms with Crippen molar-refractivity contribution in [3.8, 4) is 17.0 Å². The second-order valence-corrected chi connectivity index (χ2v) is 10.2. The van der Waals surface area contributed by atoms with Crippen molar-refractivity contribution in [3.63, 3.8) is 0 Å². The standard InChI is InChI=1S/C27H28F2N4O5/c1-14-12-30-27(31-22(14)25(34)35)33-16-8-9-17(33)11-18(10-16)36-13-20-23(32-38-24(20)15-6-7-15)19-4-2-3-5-21(19)37-26(28)29/h2-5,12,15-18,26H,6-11,13H2,1H3,(H,34,35)/t16-,17+,18?. The number of carboxylic acid groups (broad SMARTS) is 1. The zero-order valence-corrected chi connectivity index (χ0v) is 20.8. The van der Waals surface area contributed by atoms with Gasteiger partial charge < -0.3 is 24.0 Å². The number of nitrogens with zero attached hydrogens (tertiary/aromatic N) is 4. The van der Waals surface area contributed by atoms with Crippen LogP contribution in [0.3, 0.4) is 0 Å². The summed E-state index contributed by atoms with van der Waals surface area (Å²) in [5.41, 5.74) is 2.25. The summed E-state index contributed by atoms with van der Waals surface area (Å²) in [5.74, 6) is 0.449. The average molecular weight is 527 g/mol. The molecule has 3 aromatic rings. The topological polar surface area (TPSA) is 111 Å². The van der Waals surface area contributed by atoms with Crippen LogP contribution in [0, 0.1) is 6.92 Å². The molecule has 4 heterocycles. The van der Waals surface area contributed by atoms with Gasteiger partial charge in [0.05, 0.1) is 12.7 Å². The third kappa shape index (κ3) is 4.70. The Kier molecular flexibility index (Phi) is 6.46. The fourth-order valence-corrected chi connectivity index (χ4v) is 5.76. The van der Waals surface area contributed by atoms with Crippen molar-refractivity contribution in [1.82, 2.24) is 15.1 Å². The molecule has 2 saturated heterocycles. The van der Waals surface area contributed by atoms with Gasteiger partial charge in [0.25, 0.3) is 0 Å². The van der Waals surface area contributed by atoms with Crippen molar-refractivity contribution in [2.24, 2.45) is 0 Å². The highest BCUT2D eigenvalue weighted by Crippen LogP contribution is 2.46. The van der Waals surface area contributed by atoms with E-state index < -0.39 is 12.6 Å². The van der Waals surface area contributed by atoms with E-state index in [0.717, 1.165) is 49.8 Å². The molecule has 1 aromatic carbocycles. The van der Waals surface area contributed by atoms with Gasteiger partial charge in [0.15, 0.2) is 5.69 Å². The molecule has 0 spiro atoms. The van der Waals surface area contributed by atoms with Gasteiger partial charge in [0, 0.05) is 40.9 Å². The van der Waals surface area contributed by atoms with Gasteiger partial charge in [0.1, 0.15) is 17.2 Å². The Balaban J connectivity index is 1.20. The largest absolute Gasteiger partial charge is 0.476 e. The predicted molar refractivity (Wildman–Crippen MR) is 131 cm³/mol. The SMILES string of the molecule is Cc1cnc(N2[C@@H]3CC[C@H]2CC(OCc2c(-c4ccccc4OC(F)F)noc2C2CC2)C3)nc1C(=O)O. The van der Waals surface area contributed by atoms with Crippen LogP contribution in [0.1, 0.15) is 71.8 Å². The Morgan fingerprint density at radius 2 is 1.92 bits per heavy atom. The van der Waals surface area contributed by atoms with Gasteiger partial charge in [-0.3, -0.25) is 0 Å². The quantitative estimate of drug-likeness (QED) is 0.395. The van der Waals surface area contributed by atoms with Crippen LogP contribution in [0.5, 0.6) is 5.75 Å². The normalized spacial score (nSPS) is 22.7. The fourth-order valence-electron chi connectivity index (χ4n) is 5.76. The number of carbonyl (C=O) groups is 1. The summed E-state index contributed by atoms with van der Waals surface area (Å²) in [7, 11) is 0. The molecule has 3 fully saturated rings. The van der Waals surface area contributed by atoms with E-state index >= 15 is 0 Å². The molecule has 9 nitrogen and oxygen atoms in total. The summed E-state index contributed by atoms with van der Waals surface area (Å²) in [5, 5.41) is 13.7. The molecule has 1 unspecified atom stereocenters. The maximum atomic E-state index is 13.0. The van der Waals surface area contributed by atoms with Crippen LogP contribution in [0.15, 0.2) is 35.0 Å². The van der Waals surface area contributed by atoms with Crippen LogP contribution in [0.25, 0.3) is 11.3 Å². The van der Waals surface area contributed by atoms with Gasteiger partial charge in [-0.25, -0.2) is 14.8 Å². The maximum absolute atomic E-state index is 13.0. The number of halogens is 2. The predicted octanol–water partition coefficient (Wildman–Crippen LogP) is 5.33. The van der Waals surface area contributed by atoms with Crippen molar-refractivity contribution in [1.29, 1.82) is 0 Å². The van der Waals surface area contributed by atoms with Crippen LogP contribution >= 0.6 is 0 Å². The highest BCUT2D eigenvalue weighted by molar-refractivity contribution is 5.87. The Labute approximate surface area is 217 Å². The molecule has 6 rings (SSSR count). The number of aryl methyl sites for hydroxylation is 1. The summed E-state index contributed by atoms with van der Waals surface area (Å²) in [6.07, 6.45) is 6.93. The Bertz CT molecular complexity index is 1330. The summed E-state index contributed by atoms with van der Waals surface area (Å²) >= 11 is 0. The zero-order chi connectivity index (χ0) is 26.4. The number of piperidine rings is 1. The fraction of sp³-hybridized carbons (Fsp3) is 0.481. The summed E-state index contributed by atoms with van der Waals surface area (Å²) in [6.45, 7) is -1.01. The van der Waals surface area contributed by atoms with E-state index in [2.05, 4.69) is 20.0 Å². The van der Waals surface area contributed by atoms with E-state index in [1.807, 2.05) is 0 Å². The van der Waals surface area contributed by atoms with E-state index in [-0.39, 0.29) is 42.2 Å². The van der Waals surface area contributed by atoms with E-state index in [1.54, 1.807) is 31.3 Å². The molecular weight excluding hydrogens is 498 g/mol. The number of alkyl halides is 2. The van der Waals surface area contributed by atoms with Crippen molar-refractivity contribution in [3.05, 3.63) is 53.0 Å². The number of aromatic nitrogens is 3. The molecular formula is C27H28F2N4O5. The van der Waals surface area contributed by atoms with Gasteiger partial charge in [-0.2, -0.15) is 8.78 Å². The number of benzene rings is 1. The highest BCUT2D eigenvalue weighted by Gasteiger charge is 2.43. The van der Waals surface area contributed by atoms with Crippen LogP contribution < -0.4 is 9.64 Å². The van der Waals surface area contributed by atoms with Crippen LogP contribution in [0.2, 0.25) is 0 Å². The number of anilines is 1. The molecule has 3 aliphatic rings. The minimum atomic E-state index is -2.95. The molecule has 1 saturated carbocycles. The molecule has 200 valence electrons. The highest BCUT2D eigenvalue weighted by atomic mass is 19.3. The van der Waals surface area contributed by atoms with Crippen LogP contribution in [-0.2, 0) is 11.3 Å². The Morgan fingerprint density at radius 1 is 1.18 bits per heavy atom. The number of hydrogen-bond acceptors (Lipinski definition) is 8. The first-order valence-corrected chi connectivity index (χ1v) is 12.9. The summed E-state index contributed by atoms with van der Waals surface area (Å²) < 4.78 is 42.9. The lowest BCUT2D eigenvalue weighted by molar-refractivity contribution is -0.0494. The molecule has 38 heavy (non-hydrogen) atoms. The van der Waals surface area contributed by atoms with Gasteiger partial charge in [-0.05, 0) is 57.6 Å². The average Bonchev–Trinajstić information content (AvgIpc) is 3.59. The first-order valence-electron chi connectivity index (χ1n) is 12.9. The Hall–Kier alpha value is -3.60. The van der Waals surface area contributed by atoms with E-state index in [4.69, 9.17) is 14.0 Å². The number of hydrogen-bond donors (Lipinski definition) is 1. The van der Waals surface area contributed by atoms with Gasteiger partial charge in [-0.1, -0.05) is 17.3 Å². The molecule has 2 aromatic heterocycles. The number of ether oxygens (including phenoxy) is 2. The van der Waals surface area contributed by atoms with Gasteiger partial charge >= 0.3 is 12.6 Å². The van der Waals surface area contributed by atoms with E-state index in [0.29, 0.717) is 22.8 Å². The summed E-state index contributed by atoms with van der Waals surface area (Å²) in [4.78, 5) is 22.5. The number of carboxylic acids is 1. The lowest BCUT2D eigenvalue weighted by Gasteiger charge is -2.39. The molecule has 3 atom stereocenters. The van der Waals surface area contributed by atoms with E-state index in [9.17, 15) is 18.7 Å². The molecule has 2 aliphatic heterocycles. The third-order valence-electron chi connectivity index (χ3n) is 7.67. The lowest BCUT2D eigenvalue weighted by atomic mass is 9.99. The van der Waals surface area contributed by atoms with Gasteiger partial charge in [0.2, 0.25) is 5.95 Å². The van der Waals surface area contributed by atoms with Crippen molar-refractivity contribution >= 4 is 11.9 Å². The minimum Gasteiger partial charge on any atom is -0.476 e. The first kappa shape index (κ1) is 24.7. The third-order valence-corrected chi connectivity index (χ3v) is 7.67. The van der Waals surface area contributed by atoms with Crippen molar-refractivity contribution < 1.29 is 32.7 Å².